The Morgan fingerprint density at radius 1 is 1.23 bits per heavy atom. The molecule has 3 heterocycles. The number of methoxy groups -OCH3 is 1. The first-order valence-corrected chi connectivity index (χ1v) is 12.6. The monoisotopic (exact) mass is 510 g/mol. The van der Waals surface area contributed by atoms with Crippen LogP contribution in [-0.4, -0.2) is 23.9 Å². The van der Waals surface area contributed by atoms with Crippen molar-refractivity contribution < 1.29 is 18.9 Å². The van der Waals surface area contributed by atoms with Crippen LogP contribution in [0.2, 0.25) is 5.02 Å². The van der Waals surface area contributed by atoms with E-state index in [0.717, 1.165) is 40.6 Å². The summed E-state index contributed by atoms with van der Waals surface area (Å²) in [6.07, 6.45) is 3.02. The van der Waals surface area contributed by atoms with Crippen molar-refractivity contribution in [1.29, 1.82) is 0 Å². The number of aromatic amines is 1. The molecule has 1 atom stereocenters. The van der Waals surface area contributed by atoms with Gasteiger partial charge in [0.05, 0.1) is 17.5 Å². The standard InChI is InChI=1S/C26H23ClN2O5S/c1-13-3-5-16-21(7-13)35-26-22(16)25(30)28-24(29-26)15-9-17(27)23(20(10-15)31-2)32-11-14-4-6-18-19(8-14)34-12-33-18/h4,6,8-10,13H,3,5,7,11-12H2,1-2H3,(H,28,29,30). The van der Waals surface area contributed by atoms with Gasteiger partial charge in [0.1, 0.15) is 17.3 Å². The third-order valence-electron chi connectivity index (χ3n) is 6.49. The lowest BCUT2D eigenvalue weighted by Gasteiger charge is -2.17. The van der Waals surface area contributed by atoms with Crippen LogP contribution in [0.5, 0.6) is 23.0 Å². The quantitative estimate of drug-likeness (QED) is 0.368. The number of nitrogens with zero attached hydrogens (tertiary/aromatic N) is 1. The number of hydrogen-bond acceptors (Lipinski definition) is 7. The zero-order valence-corrected chi connectivity index (χ0v) is 20.8. The van der Waals surface area contributed by atoms with E-state index in [1.165, 1.54) is 4.88 Å². The lowest BCUT2D eigenvalue weighted by atomic mass is 9.89. The molecule has 2 aromatic heterocycles. The van der Waals surface area contributed by atoms with Gasteiger partial charge in [-0.15, -0.1) is 11.3 Å². The summed E-state index contributed by atoms with van der Waals surface area (Å²) >= 11 is 8.23. The summed E-state index contributed by atoms with van der Waals surface area (Å²) in [5, 5.41) is 1.09. The smallest absolute Gasteiger partial charge is 0.260 e. The first-order valence-electron chi connectivity index (χ1n) is 11.4. The Morgan fingerprint density at radius 3 is 2.94 bits per heavy atom. The van der Waals surface area contributed by atoms with Gasteiger partial charge < -0.3 is 23.9 Å². The van der Waals surface area contributed by atoms with Gasteiger partial charge in [-0.3, -0.25) is 4.79 Å². The van der Waals surface area contributed by atoms with E-state index in [9.17, 15) is 4.79 Å². The van der Waals surface area contributed by atoms with Crippen LogP contribution in [0.25, 0.3) is 21.6 Å². The third-order valence-corrected chi connectivity index (χ3v) is 7.92. The largest absolute Gasteiger partial charge is 0.493 e. The molecule has 0 fully saturated rings. The number of thiophene rings is 1. The summed E-state index contributed by atoms with van der Waals surface area (Å²) in [5.74, 6) is 3.36. The molecule has 0 saturated heterocycles. The molecule has 0 radical (unpaired) electrons. The molecular formula is C26H23ClN2O5S. The van der Waals surface area contributed by atoms with Crippen LogP contribution in [0.3, 0.4) is 0 Å². The molecule has 1 N–H and O–H groups in total. The van der Waals surface area contributed by atoms with Crippen molar-refractivity contribution >= 4 is 33.2 Å². The fourth-order valence-electron chi connectivity index (χ4n) is 4.67. The number of halogens is 1. The Hall–Kier alpha value is -3.23. The van der Waals surface area contributed by atoms with Crippen molar-refractivity contribution in [2.75, 3.05) is 13.9 Å². The van der Waals surface area contributed by atoms with Gasteiger partial charge in [-0.25, -0.2) is 4.98 Å². The molecule has 1 aliphatic carbocycles. The van der Waals surface area contributed by atoms with Gasteiger partial charge in [0, 0.05) is 10.4 Å². The van der Waals surface area contributed by atoms with E-state index in [4.69, 9.17) is 35.5 Å². The summed E-state index contributed by atoms with van der Waals surface area (Å²) in [7, 11) is 1.55. The van der Waals surface area contributed by atoms with E-state index in [-0.39, 0.29) is 19.0 Å². The highest BCUT2D eigenvalue weighted by atomic mass is 35.5. The maximum absolute atomic E-state index is 13.0. The molecule has 6 rings (SSSR count). The lowest BCUT2D eigenvalue weighted by Crippen LogP contribution is -2.13. The summed E-state index contributed by atoms with van der Waals surface area (Å²) in [6, 6.07) is 9.15. The Kier molecular flexibility index (Phi) is 5.57. The zero-order valence-electron chi connectivity index (χ0n) is 19.3. The number of rotatable bonds is 5. The topological polar surface area (TPSA) is 82.7 Å². The molecule has 9 heteroatoms. The number of nitrogens with one attached hydrogen (secondary N) is 1. The summed E-state index contributed by atoms with van der Waals surface area (Å²) in [5.41, 5.74) is 2.60. The molecule has 0 spiro atoms. The van der Waals surface area contributed by atoms with Crippen molar-refractivity contribution in [2.45, 2.75) is 32.8 Å². The molecule has 4 aromatic rings. The molecule has 180 valence electrons. The highest BCUT2D eigenvalue weighted by Gasteiger charge is 2.24. The first-order chi connectivity index (χ1) is 17.0. The first kappa shape index (κ1) is 22.2. The lowest BCUT2D eigenvalue weighted by molar-refractivity contribution is 0.174. The number of benzene rings is 2. The van der Waals surface area contributed by atoms with Gasteiger partial charge in [0.25, 0.3) is 5.56 Å². The summed E-state index contributed by atoms with van der Waals surface area (Å²) < 4.78 is 22.4. The average molecular weight is 511 g/mol. The van der Waals surface area contributed by atoms with Crippen LogP contribution in [-0.2, 0) is 19.4 Å². The maximum atomic E-state index is 13.0. The van der Waals surface area contributed by atoms with Crippen molar-refractivity contribution in [3.63, 3.8) is 0 Å². The molecule has 1 unspecified atom stereocenters. The Balaban J connectivity index is 1.32. The third kappa shape index (κ3) is 4.00. The van der Waals surface area contributed by atoms with Crippen molar-refractivity contribution in [3.8, 4) is 34.4 Å². The number of ether oxygens (including phenoxy) is 4. The van der Waals surface area contributed by atoms with E-state index in [0.29, 0.717) is 45.3 Å². The predicted octanol–water partition coefficient (Wildman–Crippen LogP) is 5.75. The van der Waals surface area contributed by atoms with Gasteiger partial charge in [-0.1, -0.05) is 24.6 Å². The van der Waals surface area contributed by atoms with Gasteiger partial charge in [-0.2, -0.15) is 0 Å². The van der Waals surface area contributed by atoms with E-state index in [1.54, 1.807) is 30.6 Å². The van der Waals surface area contributed by atoms with Gasteiger partial charge in [-0.05, 0) is 60.6 Å². The van der Waals surface area contributed by atoms with Crippen molar-refractivity contribution in [3.05, 3.63) is 61.7 Å². The Bertz CT molecular complexity index is 1510. The molecule has 0 amide bonds. The van der Waals surface area contributed by atoms with Gasteiger partial charge in [0.2, 0.25) is 6.79 Å². The molecule has 35 heavy (non-hydrogen) atoms. The minimum absolute atomic E-state index is 0.115. The fourth-order valence-corrected chi connectivity index (χ4v) is 6.32. The van der Waals surface area contributed by atoms with Crippen LogP contribution in [0, 0.1) is 5.92 Å². The molecule has 2 aromatic carbocycles. The molecule has 2 aliphatic rings. The Morgan fingerprint density at radius 2 is 2.09 bits per heavy atom. The maximum Gasteiger partial charge on any atom is 0.260 e. The zero-order chi connectivity index (χ0) is 24.1. The molecular weight excluding hydrogens is 488 g/mol. The van der Waals surface area contributed by atoms with E-state index in [1.807, 2.05) is 18.2 Å². The minimum Gasteiger partial charge on any atom is -0.493 e. The summed E-state index contributed by atoms with van der Waals surface area (Å²) in [4.78, 5) is 22.8. The second-order valence-corrected chi connectivity index (χ2v) is 10.4. The number of hydrogen-bond donors (Lipinski definition) is 1. The SMILES string of the molecule is COc1cc(-c2nc3sc4c(c3c(=O)[nH]2)CCC(C)C4)cc(Cl)c1OCc1ccc2c(c1)OCO2. The van der Waals surface area contributed by atoms with Gasteiger partial charge >= 0.3 is 0 Å². The van der Waals surface area contributed by atoms with E-state index in [2.05, 4.69) is 11.9 Å². The average Bonchev–Trinajstić information content (AvgIpc) is 3.46. The van der Waals surface area contributed by atoms with E-state index >= 15 is 0 Å². The highest BCUT2D eigenvalue weighted by Crippen LogP contribution is 2.41. The number of fused-ring (bicyclic) bond motifs is 4. The fraction of sp³-hybridized carbons (Fsp3) is 0.308. The molecule has 0 bridgehead atoms. The normalized spacial score (nSPS) is 16.4. The second kappa shape index (κ2) is 8.77. The van der Waals surface area contributed by atoms with Crippen LogP contribution in [0.1, 0.15) is 29.3 Å². The number of aryl methyl sites for hydroxylation is 1. The second-order valence-electron chi connectivity index (χ2n) is 8.91. The molecule has 1 aliphatic heterocycles. The predicted molar refractivity (Wildman–Crippen MR) is 135 cm³/mol. The van der Waals surface area contributed by atoms with Crippen LogP contribution >= 0.6 is 22.9 Å². The molecule has 0 saturated carbocycles. The Labute approximate surface area is 210 Å². The van der Waals surface area contributed by atoms with Crippen molar-refractivity contribution in [2.24, 2.45) is 5.92 Å². The molecule has 7 nitrogen and oxygen atoms in total. The number of H-pyrrole nitrogens is 1. The number of aromatic nitrogens is 2. The van der Waals surface area contributed by atoms with Crippen LogP contribution in [0.4, 0.5) is 0 Å². The highest BCUT2D eigenvalue weighted by molar-refractivity contribution is 7.18. The van der Waals surface area contributed by atoms with E-state index < -0.39 is 0 Å². The summed E-state index contributed by atoms with van der Waals surface area (Å²) in [6.45, 7) is 2.74. The minimum atomic E-state index is -0.115. The van der Waals surface area contributed by atoms with Crippen LogP contribution < -0.4 is 24.5 Å². The van der Waals surface area contributed by atoms with Crippen LogP contribution in [0.15, 0.2) is 35.1 Å². The van der Waals surface area contributed by atoms with Gasteiger partial charge in [0.15, 0.2) is 23.0 Å². The van der Waals surface area contributed by atoms with Crippen molar-refractivity contribution in [1.82, 2.24) is 9.97 Å².